The van der Waals surface area contributed by atoms with Crippen molar-refractivity contribution >= 4 is 28.3 Å². The molecule has 2 amide bonds. The quantitative estimate of drug-likeness (QED) is 0.347. The minimum atomic E-state index is -0.549. The average molecular weight is 444 g/mol. The van der Waals surface area contributed by atoms with Crippen LogP contribution in [0.25, 0.3) is 10.8 Å². The highest BCUT2D eigenvalue weighted by atomic mass is 16.5. The second-order valence-corrected chi connectivity index (χ2v) is 7.17. The Morgan fingerprint density at radius 2 is 1.61 bits per heavy atom. The number of benzene rings is 3. The molecule has 1 aromatic heterocycles. The predicted molar refractivity (Wildman–Crippen MR) is 123 cm³/mol. The van der Waals surface area contributed by atoms with Crippen LogP contribution in [0.2, 0.25) is 0 Å². The summed E-state index contributed by atoms with van der Waals surface area (Å²) in [5.41, 5.74) is 0.482. The third-order valence-electron chi connectivity index (χ3n) is 4.85. The summed E-state index contributed by atoms with van der Waals surface area (Å²) in [6.07, 6.45) is 0. The van der Waals surface area contributed by atoms with Crippen LogP contribution in [0, 0.1) is 0 Å². The van der Waals surface area contributed by atoms with Crippen LogP contribution < -0.4 is 26.5 Å². The third kappa shape index (κ3) is 5.16. The van der Waals surface area contributed by atoms with Gasteiger partial charge in [-0.3, -0.25) is 29.4 Å². The van der Waals surface area contributed by atoms with Crippen LogP contribution in [0.3, 0.4) is 0 Å². The van der Waals surface area contributed by atoms with Gasteiger partial charge in [-0.15, -0.1) is 0 Å². The van der Waals surface area contributed by atoms with Crippen LogP contribution in [0.15, 0.2) is 82.4 Å². The lowest BCUT2D eigenvalue weighted by Crippen LogP contribution is -2.33. The van der Waals surface area contributed by atoms with E-state index in [4.69, 9.17) is 4.74 Å². The Morgan fingerprint density at radius 3 is 2.42 bits per heavy atom. The van der Waals surface area contributed by atoms with Gasteiger partial charge in [-0.25, -0.2) is 0 Å². The van der Waals surface area contributed by atoms with Crippen molar-refractivity contribution in [3.05, 3.63) is 105 Å². The van der Waals surface area contributed by atoms with E-state index in [0.717, 1.165) is 5.56 Å². The summed E-state index contributed by atoms with van der Waals surface area (Å²) in [4.78, 5) is 48.8. The van der Waals surface area contributed by atoms with Crippen molar-refractivity contribution in [1.29, 1.82) is 0 Å². The Morgan fingerprint density at radius 1 is 0.848 bits per heavy atom. The fraction of sp³-hybridized carbons (Fsp3) is 0.0833. The van der Waals surface area contributed by atoms with E-state index in [2.05, 4.69) is 20.8 Å². The van der Waals surface area contributed by atoms with Gasteiger partial charge in [0.1, 0.15) is 12.4 Å². The van der Waals surface area contributed by atoms with E-state index in [-0.39, 0.29) is 23.0 Å². The molecule has 3 aromatic carbocycles. The van der Waals surface area contributed by atoms with Crippen LogP contribution in [-0.4, -0.2) is 28.6 Å². The highest BCUT2D eigenvalue weighted by Crippen LogP contribution is 2.17. The smallest absolute Gasteiger partial charge is 0.272 e. The maximum absolute atomic E-state index is 12.5. The molecule has 9 heteroatoms. The zero-order chi connectivity index (χ0) is 23.2. The Hall–Kier alpha value is -4.66. The summed E-state index contributed by atoms with van der Waals surface area (Å²) in [5, 5.41) is 9.76. The molecule has 0 fully saturated rings. The van der Waals surface area contributed by atoms with Crippen molar-refractivity contribution in [2.24, 2.45) is 0 Å². The molecule has 0 saturated heterocycles. The highest BCUT2D eigenvalue weighted by Gasteiger charge is 2.13. The Bertz CT molecular complexity index is 1430. The number of nitrogens with one attached hydrogen (secondary N) is 4. The van der Waals surface area contributed by atoms with E-state index >= 15 is 0 Å². The van der Waals surface area contributed by atoms with E-state index in [1.54, 1.807) is 30.3 Å². The SMILES string of the molecule is O=C(CNC(=O)c1cccc(OCc2ccccc2)c1)Nc1cccc2c(=O)[nH][nH]c(=O)c12. The van der Waals surface area contributed by atoms with Gasteiger partial charge < -0.3 is 15.4 Å². The van der Waals surface area contributed by atoms with Gasteiger partial charge in [0.05, 0.1) is 23.0 Å². The Kier molecular flexibility index (Phi) is 6.31. The molecule has 0 spiro atoms. The molecule has 4 rings (SSSR count). The summed E-state index contributed by atoms with van der Waals surface area (Å²) >= 11 is 0. The van der Waals surface area contributed by atoms with Gasteiger partial charge in [-0.2, -0.15) is 0 Å². The maximum atomic E-state index is 12.5. The second-order valence-electron chi connectivity index (χ2n) is 7.17. The normalized spacial score (nSPS) is 10.5. The first kappa shape index (κ1) is 21.6. The molecule has 9 nitrogen and oxygen atoms in total. The van der Waals surface area contributed by atoms with Gasteiger partial charge in [0.25, 0.3) is 17.0 Å². The second kappa shape index (κ2) is 9.65. The number of carbonyl (C=O) groups excluding carboxylic acids is 2. The summed E-state index contributed by atoms with van der Waals surface area (Å²) in [6, 6.07) is 20.8. The first-order chi connectivity index (χ1) is 16.0. The minimum absolute atomic E-state index is 0.0594. The monoisotopic (exact) mass is 444 g/mol. The van der Waals surface area contributed by atoms with Gasteiger partial charge in [0.15, 0.2) is 0 Å². The molecule has 0 saturated carbocycles. The van der Waals surface area contributed by atoms with E-state index in [9.17, 15) is 19.2 Å². The predicted octanol–water partition coefficient (Wildman–Crippen LogP) is 2.16. The number of aromatic nitrogens is 2. The van der Waals surface area contributed by atoms with Crippen molar-refractivity contribution < 1.29 is 14.3 Å². The number of ether oxygens (including phenoxy) is 1. The van der Waals surface area contributed by atoms with E-state index in [1.165, 1.54) is 12.1 Å². The molecule has 0 atom stereocenters. The molecule has 33 heavy (non-hydrogen) atoms. The van der Waals surface area contributed by atoms with Crippen molar-refractivity contribution in [1.82, 2.24) is 15.5 Å². The fourth-order valence-corrected chi connectivity index (χ4v) is 3.26. The van der Waals surface area contributed by atoms with Gasteiger partial charge in [0, 0.05) is 5.56 Å². The molecular weight excluding hydrogens is 424 g/mol. The van der Waals surface area contributed by atoms with Crippen molar-refractivity contribution in [3.63, 3.8) is 0 Å². The summed E-state index contributed by atoms with van der Waals surface area (Å²) < 4.78 is 5.73. The van der Waals surface area contributed by atoms with E-state index in [0.29, 0.717) is 17.9 Å². The number of fused-ring (bicyclic) bond motifs is 1. The number of hydrogen-bond acceptors (Lipinski definition) is 5. The summed E-state index contributed by atoms with van der Waals surface area (Å²) in [5.74, 6) is -0.481. The largest absolute Gasteiger partial charge is 0.489 e. The van der Waals surface area contributed by atoms with Crippen LogP contribution in [-0.2, 0) is 11.4 Å². The summed E-state index contributed by atoms with van der Waals surface area (Å²) in [7, 11) is 0. The molecular formula is C24H20N4O5. The third-order valence-corrected chi connectivity index (χ3v) is 4.85. The Labute approximate surface area is 187 Å². The van der Waals surface area contributed by atoms with Crippen molar-refractivity contribution in [2.45, 2.75) is 6.61 Å². The maximum Gasteiger partial charge on any atom is 0.272 e. The minimum Gasteiger partial charge on any atom is -0.489 e. The van der Waals surface area contributed by atoms with Gasteiger partial charge in [-0.05, 0) is 35.9 Å². The van der Waals surface area contributed by atoms with E-state index < -0.39 is 22.9 Å². The molecule has 166 valence electrons. The van der Waals surface area contributed by atoms with Crippen molar-refractivity contribution in [3.8, 4) is 5.75 Å². The number of anilines is 1. The summed E-state index contributed by atoms with van der Waals surface area (Å²) in [6.45, 7) is 0.0345. The van der Waals surface area contributed by atoms with Gasteiger partial charge >= 0.3 is 0 Å². The lowest BCUT2D eigenvalue weighted by molar-refractivity contribution is -0.115. The number of rotatable bonds is 7. The van der Waals surface area contributed by atoms with Crippen LogP contribution in [0.4, 0.5) is 5.69 Å². The van der Waals surface area contributed by atoms with Crippen LogP contribution in [0.5, 0.6) is 5.75 Å². The van der Waals surface area contributed by atoms with Gasteiger partial charge in [-0.1, -0.05) is 42.5 Å². The van der Waals surface area contributed by atoms with Crippen LogP contribution >= 0.6 is 0 Å². The standard InChI is InChI=1S/C24H20N4O5/c29-20(26-19-11-5-10-18-21(19)24(32)28-27-23(18)31)13-25-22(30)16-8-4-9-17(12-16)33-14-15-6-2-1-3-7-15/h1-12H,13-14H2,(H,25,30)(H,26,29)(H,27,31)(H,28,32). The molecule has 1 heterocycles. The number of carbonyl (C=O) groups is 2. The first-order valence-corrected chi connectivity index (χ1v) is 10.1. The molecule has 0 unspecified atom stereocenters. The topological polar surface area (TPSA) is 133 Å². The number of H-pyrrole nitrogens is 2. The molecule has 0 aliphatic carbocycles. The van der Waals surface area contributed by atoms with Crippen molar-refractivity contribution in [2.75, 3.05) is 11.9 Å². The zero-order valence-electron chi connectivity index (χ0n) is 17.4. The van der Waals surface area contributed by atoms with Gasteiger partial charge in [0.2, 0.25) is 5.91 Å². The average Bonchev–Trinajstić information content (AvgIpc) is 2.84. The highest BCUT2D eigenvalue weighted by molar-refractivity contribution is 6.04. The molecule has 4 aromatic rings. The number of hydrogen-bond donors (Lipinski definition) is 4. The number of aromatic amines is 2. The molecule has 0 radical (unpaired) electrons. The molecule has 0 aliphatic rings. The lowest BCUT2D eigenvalue weighted by Gasteiger charge is -2.10. The first-order valence-electron chi connectivity index (χ1n) is 10.1. The Balaban J connectivity index is 1.38. The van der Waals surface area contributed by atoms with E-state index in [1.807, 2.05) is 30.3 Å². The molecule has 0 bridgehead atoms. The molecule has 4 N–H and O–H groups in total. The fourth-order valence-electron chi connectivity index (χ4n) is 3.26. The number of amides is 2. The lowest BCUT2D eigenvalue weighted by atomic mass is 10.1. The van der Waals surface area contributed by atoms with Crippen LogP contribution in [0.1, 0.15) is 15.9 Å². The molecule has 0 aliphatic heterocycles. The zero-order valence-corrected chi connectivity index (χ0v) is 17.4.